The van der Waals surface area contributed by atoms with Gasteiger partial charge in [0.05, 0.1) is 7.11 Å². The quantitative estimate of drug-likeness (QED) is 0.766. The van der Waals surface area contributed by atoms with Crippen LogP contribution in [0.15, 0.2) is 18.3 Å². The van der Waals surface area contributed by atoms with Crippen LogP contribution in [0.4, 0.5) is 0 Å². The van der Waals surface area contributed by atoms with E-state index in [1.165, 1.54) is 0 Å². The minimum Gasteiger partial charge on any atom is -0.493 e. The topological polar surface area (TPSA) is 42.7 Å². The van der Waals surface area contributed by atoms with Crippen LogP contribution in [0.2, 0.25) is 0 Å². The lowest BCUT2D eigenvalue weighted by Gasteiger charge is -2.07. The van der Waals surface area contributed by atoms with Gasteiger partial charge in [-0.25, -0.2) is 0 Å². The summed E-state index contributed by atoms with van der Waals surface area (Å²) in [5.74, 6) is 1.72. The molecule has 0 unspecified atom stereocenters. The number of nitrogens with zero attached hydrogens (tertiary/aromatic N) is 4. The normalized spacial score (nSPS) is 11.2. The van der Waals surface area contributed by atoms with Gasteiger partial charge in [-0.15, -0.1) is 10.2 Å². The molecule has 0 aliphatic carbocycles. The number of fused-ring (bicyclic) bond motifs is 1. The maximum Gasteiger partial charge on any atom is 0.203 e. The van der Waals surface area contributed by atoms with E-state index in [1.54, 1.807) is 7.11 Å². The average molecular weight is 220 g/mol. The SMILES string of the molecule is COc1cccn2c(CCN(C)C)nnc12. The predicted octanol–water partition coefficient (Wildman–Crippen LogP) is 0.842. The Morgan fingerprint density at radius 3 is 2.88 bits per heavy atom. The second-order valence-corrected chi connectivity index (χ2v) is 3.94. The van der Waals surface area contributed by atoms with Crippen molar-refractivity contribution in [1.29, 1.82) is 0 Å². The van der Waals surface area contributed by atoms with Gasteiger partial charge in [0.15, 0.2) is 5.75 Å². The predicted molar refractivity (Wildman–Crippen MR) is 61.8 cm³/mol. The van der Waals surface area contributed by atoms with Gasteiger partial charge in [0.2, 0.25) is 5.65 Å². The number of methoxy groups -OCH3 is 1. The first-order valence-electron chi connectivity index (χ1n) is 5.23. The van der Waals surface area contributed by atoms with Gasteiger partial charge in [-0.05, 0) is 26.2 Å². The minimum absolute atomic E-state index is 0.756. The van der Waals surface area contributed by atoms with Crippen LogP contribution < -0.4 is 4.74 Å². The first-order chi connectivity index (χ1) is 7.72. The van der Waals surface area contributed by atoms with Crippen LogP contribution in [-0.2, 0) is 6.42 Å². The molecule has 0 fully saturated rings. The van der Waals surface area contributed by atoms with Crippen molar-refractivity contribution in [3.8, 4) is 5.75 Å². The van der Waals surface area contributed by atoms with Crippen molar-refractivity contribution in [1.82, 2.24) is 19.5 Å². The monoisotopic (exact) mass is 220 g/mol. The van der Waals surface area contributed by atoms with Crippen molar-refractivity contribution < 1.29 is 4.74 Å². The lowest BCUT2D eigenvalue weighted by Crippen LogP contribution is -2.16. The van der Waals surface area contributed by atoms with E-state index in [1.807, 2.05) is 36.8 Å². The summed E-state index contributed by atoms with van der Waals surface area (Å²) in [5, 5.41) is 8.32. The molecule has 86 valence electrons. The van der Waals surface area contributed by atoms with Crippen LogP contribution in [-0.4, -0.2) is 47.2 Å². The highest BCUT2D eigenvalue weighted by Gasteiger charge is 2.08. The smallest absolute Gasteiger partial charge is 0.203 e. The first kappa shape index (κ1) is 10.9. The molecular weight excluding hydrogens is 204 g/mol. The highest BCUT2D eigenvalue weighted by atomic mass is 16.5. The van der Waals surface area contributed by atoms with Crippen molar-refractivity contribution in [3.63, 3.8) is 0 Å². The third-order valence-corrected chi connectivity index (χ3v) is 2.47. The molecule has 0 aliphatic heterocycles. The Kier molecular flexibility index (Phi) is 3.05. The summed E-state index contributed by atoms with van der Waals surface area (Å²) in [7, 11) is 5.73. The van der Waals surface area contributed by atoms with Crippen LogP contribution in [0.3, 0.4) is 0 Å². The molecule has 2 aromatic rings. The summed E-state index contributed by atoms with van der Waals surface area (Å²) in [6, 6.07) is 3.83. The van der Waals surface area contributed by atoms with Gasteiger partial charge in [-0.1, -0.05) is 0 Å². The van der Waals surface area contributed by atoms with Crippen molar-refractivity contribution in [2.45, 2.75) is 6.42 Å². The summed E-state index contributed by atoms with van der Waals surface area (Å²) >= 11 is 0. The van der Waals surface area contributed by atoms with E-state index in [4.69, 9.17) is 4.74 Å². The molecule has 0 bridgehead atoms. The zero-order valence-corrected chi connectivity index (χ0v) is 9.84. The van der Waals surface area contributed by atoms with Crippen LogP contribution in [0.25, 0.3) is 5.65 Å². The summed E-state index contributed by atoms with van der Waals surface area (Å²) in [5.41, 5.74) is 0.777. The third-order valence-electron chi connectivity index (χ3n) is 2.47. The van der Waals surface area contributed by atoms with E-state index in [-0.39, 0.29) is 0 Å². The van der Waals surface area contributed by atoms with E-state index in [9.17, 15) is 0 Å². The molecule has 0 N–H and O–H groups in total. The van der Waals surface area contributed by atoms with E-state index >= 15 is 0 Å². The molecule has 5 nitrogen and oxygen atoms in total. The number of hydrogen-bond donors (Lipinski definition) is 0. The molecule has 2 rings (SSSR count). The standard InChI is InChI=1S/C11H16N4O/c1-14(2)8-6-10-12-13-11-9(16-3)5-4-7-15(10)11/h4-5,7H,6,8H2,1-3H3. The second kappa shape index (κ2) is 4.49. The summed E-state index contributed by atoms with van der Waals surface area (Å²) in [6.45, 7) is 0.956. The highest BCUT2D eigenvalue weighted by Crippen LogP contribution is 2.17. The van der Waals surface area contributed by atoms with Crippen LogP contribution >= 0.6 is 0 Å². The number of hydrogen-bond acceptors (Lipinski definition) is 4. The lowest BCUT2D eigenvalue weighted by atomic mass is 10.3. The van der Waals surface area contributed by atoms with Gasteiger partial charge in [0, 0.05) is 19.2 Å². The van der Waals surface area contributed by atoms with Crippen LogP contribution in [0.5, 0.6) is 5.75 Å². The van der Waals surface area contributed by atoms with Crippen molar-refractivity contribution >= 4 is 5.65 Å². The molecule has 0 atom stereocenters. The Morgan fingerprint density at radius 1 is 1.38 bits per heavy atom. The van der Waals surface area contributed by atoms with E-state index in [2.05, 4.69) is 15.1 Å². The number of rotatable bonds is 4. The fourth-order valence-corrected chi connectivity index (χ4v) is 1.59. The summed E-state index contributed by atoms with van der Waals surface area (Å²) in [4.78, 5) is 2.13. The molecule has 5 heteroatoms. The van der Waals surface area contributed by atoms with Crippen LogP contribution in [0, 0.1) is 0 Å². The minimum atomic E-state index is 0.756. The lowest BCUT2D eigenvalue weighted by molar-refractivity contribution is 0.408. The van der Waals surface area contributed by atoms with E-state index < -0.39 is 0 Å². The molecular formula is C11H16N4O. The zero-order chi connectivity index (χ0) is 11.5. The van der Waals surface area contributed by atoms with Gasteiger partial charge in [0.25, 0.3) is 0 Å². The molecule has 16 heavy (non-hydrogen) atoms. The molecule has 0 radical (unpaired) electrons. The highest BCUT2D eigenvalue weighted by molar-refractivity contribution is 5.52. The van der Waals surface area contributed by atoms with E-state index in [0.717, 1.165) is 30.2 Å². The number of ether oxygens (including phenoxy) is 1. The molecule has 0 aromatic carbocycles. The van der Waals surface area contributed by atoms with Gasteiger partial charge in [-0.2, -0.15) is 0 Å². The van der Waals surface area contributed by atoms with Crippen molar-refractivity contribution in [3.05, 3.63) is 24.2 Å². The third kappa shape index (κ3) is 1.99. The largest absolute Gasteiger partial charge is 0.493 e. The number of pyridine rings is 1. The van der Waals surface area contributed by atoms with Crippen LogP contribution in [0.1, 0.15) is 5.82 Å². The molecule has 2 heterocycles. The molecule has 0 saturated heterocycles. The maximum atomic E-state index is 5.23. The van der Waals surface area contributed by atoms with Crippen molar-refractivity contribution in [2.24, 2.45) is 0 Å². The Bertz CT molecular complexity index is 478. The number of aromatic nitrogens is 3. The Balaban J connectivity index is 2.34. The fourth-order valence-electron chi connectivity index (χ4n) is 1.59. The maximum absolute atomic E-state index is 5.23. The Labute approximate surface area is 94.7 Å². The molecule has 0 spiro atoms. The fraction of sp³-hybridized carbons (Fsp3) is 0.455. The average Bonchev–Trinajstić information content (AvgIpc) is 2.69. The van der Waals surface area contributed by atoms with Gasteiger partial charge >= 0.3 is 0 Å². The molecule has 0 saturated carbocycles. The zero-order valence-electron chi connectivity index (χ0n) is 9.84. The first-order valence-corrected chi connectivity index (χ1v) is 5.23. The Hall–Kier alpha value is -1.62. The summed E-state index contributed by atoms with van der Waals surface area (Å²) in [6.07, 6.45) is 2.84. The Morgan fingerprint density at radius 2 is 2.19 bits per heavy atom. The van der Waals surface area contributed by atoms with Crippen molar-refractivity contribution in [2.75, 3.05) is 27.7 Å². The molecule has 2 aromatic heterocycles. The van der Waals surface area contributed by atoms with Gasteiger partial charge < -0.3 is 9.64 Å². The molecule has 0 aliphatic rings. The second-order valence-electron chi connectivity index (χ2n) is 3.94. The van der Waals surface area contributed by atoms with Gasteiger partial charge in [0.1, 0.15) is 5.82 Å². The number of likely N-dealkylation sites (N-methyl/N-ethyl adjacent to an activating group) is 1. The summed E-state index contributed by atoms with van der Waals surface area (Å²) < 4.78 is 7.21. The molecule has 0 amide bonds. The van der Waals surface area contributed by atoms with E-state index in [0.29, 0.717) is 0 Å². The van der Waals surface area contributed by atoms with Gasteiger partial charge in [-0.3, -0.25) is 4.40 Å².